The summed E-state index contributed by atoms with van der Waals surface area (Å²) >= 11 is 6.69. The first-order valence-electron chi connectivity index (χ1n) is 13.7. The maximum atomic E-state index is 6.69. The maximum absolute atomic E-state index is 6.69. The Morgan fingerprint density at radius 1 is 0.973 bits per heavy atom. The highest BCUT2D eigenvalue weighted by molar-refractivity contribution is 6.36. The Balaban J connectivity index is 1.32. The molecule has 2 fully saturated rings. The van der Waals surface area contributed by atoms with Crippen molar-refractivity contribution in [1.82, 2.24) is 19.8 Å². The number of hydrogen-bond acceptors (Lipinski definition) is 7. The van der Waals surface area contributed by atoms with Gasteiger partial charge in [0, 0.05) is 55.4 Å². The van der Waals surface area contributed by atoms with Crippen LogP contribution in [0.2, 0.25) is 5.02 Å². The van der Waals surface area contributed by atoms with Crippen LogP contribution in [0.25, 0.3) is 10.8 Å². The van der Waals surface area contributed by atoms with E-state index in [0.717, 1.165) is 86.1 Å². The first-order valence-corrected chi connectivity index (χ1v) is 14.1. The molecule has 37 heavy (non-hydrogen) atoms. The Morgan fingerprint density at radius 3 is 2.54 bits per heavy atom. The van der Waals surface area contributed by atoms with Crippen LogP contribution in [0, 0.1) is 0 Å². The minimum absolute atomic E-state index is 0.436. The number of rotatable bonds is 6. The molecule has 3 aromatic rings. The Hall–Kier alpha value is -2.61. The van der Waals surface area contributed by atoms with Gasteiger partial charge >= 0.3 is 6.01 Å². The highest BCUT2D eigenvalue weighted by Gasteiger charge is 2.29. The van der Waals surface area contributed by atoms with E-state index in [1.807, 2.05) is 12.1 Å². The fraction of sp³-hybridized carbons (Fsp3) is 0.517. The van der Waals surface area contributed by atoms with Gasteiger partial charge in [0.2, 0.25) is 0 Å². The minimum atomic E-state index is 0.436. The molecule has 1 unspecified atom stereocenters. The Labute approximate surface area is 225 Å². The lowest BCUT2D eigenvalue weighted by molar-refractivity contribution is 0.187. The van der Waals surface area contributed by atoms with Crippen molar-refractivity contribution in [3.05, 3.63) is 52.7 Å². The van der Waals surface area contributed by atoms with Crippen LogP contribution in [-0.2, 0) is 13.0 Å². The average molecular weight is 521 g/mol. The lowest BCUT2D eigenvalue weighted by Gasteiger charge is -2.38. The third-order valence-electron chi connectivity index (χ3n) is 8.39. The standard InChI is InChI=1S/C29H37ClN6O/c1-3-34-15-17-35(18-16-34)28-23-12-14-36(26-11-5-8-21-7-4-10-24(30)27(21)26)19-25(23)31-29(32-28)37-20-22-9-6-13-33(22)2/h4-5,7-8,10-11,22H,3,6,9,12-20H2,1-2H3. The zero-order valence-electron chi connectivity index (χ0n) is 22.0. The van der Waals surface area contributed by atoms with Crippen molar-refractivity contribution in [3.8, 4) is 6.01 Å². The fourth-order valence-electron chi connectivity index (χ4n) is 6.10. The van der Waals surface area contributed by atoms with Crippen LogP contribution in [0.3, 0.4) is 0 Å². The van der Waals surface area contributed by atoms with Crippen molar-refractivity contribution in [1.29, 1.82) is 0 Å². The monoisotopic (exact) mass is 520 g/mol. The fourth-order valence-corrected chi connectivity index (χ4v) is 6.38. The Bertz CT molecular complexity index is 1260. The number of piperazine rings is 1. The smallest absolute Gasteiger partial charge is 0.318 e. The van der Waals surface area contributed by atoms with E-state index < -0.39 is 0 Å². The summed E-state index contributed by atoms with van der Waals surface area (Å²) < 4.78 is 6.29. The molecule has 0 saturated carbocycles. The second-order valence-corrected chi connectivity index (χ2v) is 11.0. The quantitative estimate of drug-likeness (QED) is 0.475. The van der Waals surface area contributed by atoms with E-state index in [0.29, 0.717) is 18.7 Å². The highest BCUT2D eigenvalue weighted by Crippen LogP contribution is 2.37. The number of fused-ring (bicyclic) bond motifs is 2. The molecule has 4 heterocycles. The number of benzene rings is 2. The normalized spacial score (nSPS) is 21.0. The second-order valence-electron chi connectivity index (χ2n) is 10.6. The van der Waals surface area contributed by atoms with Crippen LogP contribution >= 0.6 is 11.6 Å². The summed E-state index contributed by atoms with van der Waals surface area (Å²) in [6.45, 7) is 10.9. The van der Waals surface area contributed by atoms with E-state index in [9.17, 15) is 0 Å². The SMILES string of the molecule is CCN1CCN(c2nc(OCC3CCCN3C)nc3c2CCN(c2cccc4cccc(Cl)c24)C3)CC1. The van der Waals surface area contributed by atoms with Gasteiger partial charge in [-0.15, -0.1) is 0 Å². The molecule has 0 N–H and O–H groups in total. The van der Waals surface area contributed by atoms with E-state index >= 15 is 0 Å². The van der Waals surface area contributed by atoms with Crippen LogP contribution in [0.15, 0.2) is 36.4 Å². The minimum Gasteiger partial charge on any atom is -0.462 e. The predicted molar refractivity (Wildman–Crippen MR) is 151 cm³/mol. The summed E-state index contributed by atoms with van der Waals surface area (Å²) in [5, 5.41) is 3.07. The average Bonchev–Trinajstić information content (AvgIpc) is 3.35. The zero-order valence-corrected chi connectivity index (χ0v) is 22.8. The van der Waals surface area contributed by atoms with Crippen LogP contribution in [0.4, 0.5) is 11.5 Å². The molecule has 0 amide bonds. The summed E-state index contributed by atoms with van der Waals surface area (Å²) in [4.78, 5) is 19.8. The van der Waals surface area contributed by atoms with Crippen LogP contribution in [-0.4, -0.2) is 85.3 Å². The molecule has 0 spiro atoms. The van der Waals surface area contributed by atoms with Crippen molar-refractivity contribution in [2.24, 2.45) is 0 Å². The summed E-state index contributed by atoms with van der Waals surface area (Å²) in [5.74, 6) is 1.08. The molecular weight excluding hydrogens is 484 g/mol. The van der Waals surface area contributed by atoms with Crippen molar-refractivity contribution in [3.63, 3.8) is 0 Å². The van der Waals surface area contributed by atoms with Crippen molar-refractivity contribution >= 4 is 33.9 Å². The highest BCUT2D eigenvalue weighted by atomic mass is 35.5. The van der Waals surface area contributed by atoms with Crippen molar-refractivity contribution in [2.75, 3.05) is 69.3 Å². The van der Waals surface area contributed by atoms with Crippen LogP contribution < -0.4 is 14.5 Å². The van der Waals surface area contributed by atoms with Gasteiger partial charge in [-0.3, -0.25) is 0 Å². The van der Waals surface area contributed by atoms with E-state index in [1.54, 1.807) is 0 Å². The summed E-state index contributed by atoms with van der Waals surface area (Å²) in [6, 6.07) is 13.5. The van der Waals surface area contributed by atoms with Gasteiger partial charge in [0.1, 0.15) is 12.4 Å². The molecule has 0 radical (unpaired) electrons. The molecule has 7 nitrogen and oxygen atoms in total. The van der Waals surface area contributed by atoms with Gasteiger partial charge in [-0.25, -0.2) is 0 Å². The number of aromatic nitrogens is 2. The van der Waals surface area contributed by atoms with Crippen LogP contribution in [0.5, 0.6) is 6.01 Å². The van der Waals surface area contributed by atoms with Gasteiger partial charge in [0.15, 0.2) is 0 Å². The van der Waals surface area contributed by atoms with Crippen molar-refractivity contribution in [2.45, 2.75) is 38.8 Å². The van der Waals surface area contributed by atoms with Gasteiger partial charge in [-0.05, 0) is 56.9 Å². The Morgan fingerprint density at radius 2 is 1.78 bits per heavy atom. The molecule has 196 valence electrons. The largest absolute Gasteiger partial charge is 0.462 e. The molecule has 2 saturated heterocycles. The molecule has 6 rings (SSSR count). The lowest BCUT2D eigenvalue weighted by atomic mass is 10.0. The molecular formula is C29H37ClN6O. The third-order valence-corrected chi connectivity index (χ3v) is 8.71. The zero-order chi connectivity index (χ0) is 25.4. The molecule has 3 aliphatic heterocycles. The summed E-state index contributed by atoms with van der Waals surface area (Å²) in [6.07, 6.45) is 3.30. The Kier molecular flexibility index (Phi) is 7.10. The predicted octanol–water partition coefficient (Wildman–Crippen LogP) is 4.46. The molecule has 1 aromatic heterocycles. The summed E-state index contributed by atoms with van der Waals surface area (Å²) in [5.41, 5.74) is 3.52. The summed E-state index contributed by atoms with van der Waals surface area (Å²) in [7, 11) is 2.18. The number of likely N-dealkylation sites (N-methyl/N-ethyl adjacent to an activating group) is 2. The topological polar surface area (TPSA) is 48.0 Å². The first-order chi connectivity index (χ1) is 18.1. The number of likely N-dealkylation sites (tertiary alicyclic amines) is 1. The molecule has 0 bridgehead atoms. The van der Waals surface area contributed by atoms with Gasteiger partial charge in [-0.2, -0.15) is 9.97 Å². The van der Waals surface area contributed by atoms with E-state index in [-0.39, 0.29) is 0 Å². The van der Waals surface area contributed by atoms with Gasteiger partial charge in [0.05, 0.1) is 17.3 Å². The van der Waals surface area contributed by atoms with Gasteiger partial charge < -0.3 is 24.3 Å². The van der Waals surface area contributed by atoms with E-state index in [1.165, 1.54) is 24.1 Å². The number of anilines is 2. The third kappa shape index (κ3) is 4.97. The number of halogens is 1. The molecule has 1 atom stereocenters. The van der Waals surface area contributed by atoms with E-state index in [2.05, 4.69) is 57.8 Å². The second kappa shape index (κ2) is 10.6. The molecule has 0 aliphatic carbocycles. The lowest BCUT2D eigenvalue weighted by Crippen LogP contribution is -2.47. The van der Waals surface area contributed by atoms with Crippen molar-refractivity contribution < 1.29 is 4.74 Å². The molecule has 2 aromatic carbocycles. The first kappa shape index (κ1) is 24.7. The van der Waals surface area contributed by atoms with E-state index in [4.69, 9.17) is 26.3 Å². The molecule has 3 aliphatic rings. The number of nitrogens with zero attached hydrogens (tertiary/aromatic N) is 6. The maximum Gasteiger partial charge on any atom is 0.318 e. The van der Waals surface area contributed by atoms with Crippen LogP contribution in [0.1, 0.15) is 31.0 Å². The van der Waals surface area contributed by atoms with Gasteiger partial charge in [0.25, 0.3) is 0 Å². The number of ether oxygens (including phenoxy) is 1. The molecule has 8 heteroatoms. The van der Waals surface area contributed by atoms with Gasteiger partial charge in [-0.1, -0.05) is 42.8 Å². The number of hydrogen-bond donors (Lipinski definition) is 0.